The van der Waals surface area contributed by atoms with Gasteiger partial charge in [-0.05, 0) is 24.6 Å². The van der Waals surface area contributed by atoms with Gasteiger partial charge in [-0.15, -0.1) is 0 Å². The summed E-state index contributed by atoms with van der Waals surface area (Å²) in [5.41, 5.74) is -0.638. The van der Waals surface area contributed by atoms with Gasteiger partial charge in [0.25, 0.3) is 0 Å². The second kappa shape index (κ2) is 6.67. The van der Waals surface area contributed by atoms with Gasteiger partial charge in [0.1, 0.15) is 0 Å². The second-order valence-corrected chi connectivity index (χ2v) is 5.40. The number of hydrogen-bond donors (Lipinski definition) is 2. The SMILES string of the molecule is CC(NC(=O)Nc1cc(C(F)(F)F)no1)c1ccc(Cl)cc1Cl. The van der Waals surface area contributed by atoms with Crippen molar-refractivity contribution in [3.63, 3.8) is 0 Å². The summed E-state index contributed by atoms with van der Waals surface area (Å²) in [4.78, 5) is 11.8. The van der Waals surface area contributed by atoms with Crippen LogP contribution in [-0.2, 0) is 6.18 Å². The molecule has 23 heavy (non-hydrogen) atoms. The Balaban J connectivity index is 2.00. The van der Waals surface area contributed by atoms with Crippen molar-refractivity contribution in [1.29, 1.82) is 0 Å². The Morgan fingerprint density at radius 2 is 2.00 bits per heavy atom. The Kier molecular flexibility index (Phi) is 5.06. The first kappa shape index (κ1) is 17.4. The molecule has 0 aliphatic heterocycles. The van der Waals surface area contributed by atoms with Gasteiger partial charge in [-0.3, -0.25) is 5.32 Å². The summed E-state index contributed by atoms with van der Waals surface area (Å²) in [6, 6.07) is 4.05. The van der Waals surface area contributed by atoms with E-state index in [1.54, 1.807) is 19.1 Å². The topological polar surface area (TPSA) is 67.2 Å². The number of nitrogens with zero attached hydrogens (tertiary/aromatic N) is 1. The molecule has 1 heterocycles. The van der Waals surface area contributed by atoms with E-state index in [4.69, 9.17) is 23.2 Å². The van der Waals surface area contributed by atoms with Crippen molar-refractivity contribution >= 4 is 35.1 Å². The van der Waals surface area contributed by atoms with Crippen LogP contribution in [0.1, 0.15) is 24.2 Å². The molecule has 0 aliphatic rings. The van der Waals surface area contributed by atoms with Gasteiger partial charge < -0.3 is 9.84 Å². The van der Waals surface area contributed by atoms with Crippen molar-refractivity contribution < 1.29 is 22.5 Å². The third kappa shape index (κ3) is 4.52. The normalized spacial score (nSPS) is 12.8. The zero-order valence-corrected chi connectivity index (χ0v) is 13.1. The van der Waals surface area contributed by atoms with Crippen LogP contribution in [0.15, 0.2) is 28.8 Å². The molecule has 0 radical (unpaired) electrons. The molecule has 0 aliphatic carbocycles. The molecule has 0 bridgehead atoms. The quantitative estimate of drug-likeness (QED) is 0.811. The molecule has 2 rings (SSSR count). The van der Waals surface area contributed by atoms with Gasteiger partial charge in [-0.2, -0.15) is 13.2 Å². The summed E-state index contributed by atoms with van der Waals surface area (Å²) in [7, 11) is 0. The van der Waals surface area contributed by atoms with Gasteiger partial charge in [-0.1, -0.05) is 34.4 Å². The summed E-state index contributed by atoms with van der Waals surface area (Å²) >= 11 is 11.8. The minimum Gasteiger partial charge on any atom is -0.338 e. The minimum absolute atomic E-state index is 0.351. The molecule has 1 unspecified atom stereocenters. The fourth-order valence-corrected chi connectivity index (χ4v) is 2.31. The molecule has 1 atom stereocenters. The molecule has 0 fully saturated rings. The highest BCUT2D eigenvalue weighted by Crippen LogP contribution is 2.30. The summed E-state index contributed by atoms with van der Waals surface area (Å²) in [5.74, 6) is -0.427. The van der Waals surface area contributed by atoms with Crippen LogP contribution in [0.25, 0.3) is 0 Å². The largest absolute Gasteiger partial charge is 0.436 e. The smallest absolute Gasteiger partial charge is 0.338 e. The summed E-state index contributed by atoms with van der Waals surface area (Å²) < 4.78 is 41.5. The first-order chi connectivity index (χ1) is 10.7. The molecule has 1 aromatic carbocycles. The molecule has 0 saturated carbocycles. The maximum absolute atomic E-state index is 12.4. The third-order valence-corrected chi connectivity index (χ3v) is 3.38. The van der Waals surface area contributed by atoms with Crippen LogP contribution in [0.3, 0.4) is 0 Å². The molecule has 0 spiro atoms. The van der Waals surface area contributed by atoms with Crippen LogP contribution in [0.2, 0.25) is 10.0 Å². The van der Waals surface area contributed by atoms with Crippen molar-refractivity contribution in [2.24, 2.45) is 0 Å². The standard InChI is InChI=1S/C13H10Cl2F3N3O2/c1-6(8-3-2-7(14)4-9(8)15)19-12(22)20-11-5-10(21-23-11)13(16,17)18/h2-6H,1H3,(H2,19,20,22). The monoisotopic (exact) mass is 367 g/mol. The zero-order chi connectivity index (χ0) is 17.2. The van der Waals surface area contributed by atoms with Crippen LogP contribution >= 0.6 is 23.2 Å². The number of nitrogens with one attached hydrogen (secondary N) is 2. The van der Waals surface area contributed by atoms with Gasteiger partial charge in [0.2, 0.25) is 5.88 Å². The molecular formula is C13H10Cl2F3N3O2. The van der Waals surface area contributed by atoms with E-state index in [0.29, 0.717) is 21.7 Å². The average Bonchev–Trinajstić information content (AvgIpc) is 2.86. The molecular weight excluding hydrogens is 358 g/mol. The maximum atomic E-state index is 12.4. The molecule has 1 aromatic heterocycles. The lowest BCUT2D eigenvalue weighted by molar-refractivity contribution is -0.142. The number of aromatic nitrogens is 1. The lowest BCUT2D eigenvalue weighted by Gasteiger charge is -2.15. The van der Waals surface area contributed by atoms with Crippen molar-refractivity contribution in [2.75, 3.05) is 5.32 Å². The predicted molar refractivity (Wildman–Crippen MR) is 78.5 cm³/mol. The van der Waals surface area contributed by atoms with Crippen LogP contribution in [0.5, 0.6) is 0 Å². The van der Waals surface area contributed by atoms with Gasteiger partial charge in [0.05, 0.1) is 6.04 Å². The predicted octanol–water partition coefficient (Wildman–Crippen LogP) is 4.88. The first-order valence-corrected chi connectivity index (χ1v) is 6.99. The Hall–Kier alpha value is -1.93. The fourth-order valence-electron chi connectivity index (χ4n) is 1.74. The van der Waals surface area contributed by atoms with Crippen molar-refractivity contribution in [2.45, 2.75) is 19.1 Å². The number of anilines is 1. The number of benzene rings is 1. The van der Waals surface area contributed by atoms with E-state index in [9.17, 15) is 18.0 Å². The van der Waals surface area contributed by atoms with E-state index < -0.39 is 29.8 Å². The third-order valence-electron chi connectivity index (χ3n) is 2.81. The van der Waals surface area contributed by atoms with E-state index in [0.717, 1.165) is 0 Å². The van der Waals surface area contributed by atoms with Gasteiger partial charge >= 0.3 is 12.2 Å². The molecule has 2 aromatic rings. The van der Waals surface area contributed by atoms with Crippen molar-refractivity contribution in [3.05, 3.63) is 45.6 Å². The number of rotatable bonds is 3. The van der Waals surface area contributed by atoms with E-state index in [1.807, 2.05) is 0 Å². The van der Waals surface area contributed by atoms with E-state index in [-0.39, 0.29) is 0 Å². The number of alkyl halides is 3. The highest BCUT2D eigenvalue weighted by molar-refractivity contribution is 6.35. The summed E-state index contributed by atoms with van der Waals surface area (Å²) in [6.07, 6.45) is -4.65. The van der Waals surface area contributed by atoms with Crippen molar-refractivity contribution in [1.82, 2.24) is 10.5 Å². The van der Waals surface area contributed by atoms with E-state index in [2.05, 4.69) is 20.3 Å². The van der Waals surface area contributed by atoms with Gasteiger partial charge in [-0.25, -0.2) is 4.79 Å². The van der Waals surface area contributed by atoms with Crippen LogP contribution in [0.4, 0.5) is 23.8 Å². The summed E-state index contributed by atoms with van der Waals surface area (Å²) in [6.45, 7) is 1.65. The van der Waals surface area contributed by atoms with Crippen LogP contribution < -0.4 is 10.6 Å². The van der Waals surface area contributed by atoms with Crippen LogP contribution in [0, 0.1) is 0 Å². The number of amides is 2. The lowest BCUT2D eigenvalue weighted by atomic mass is 10.1. The Labute approximate surface area is 138 Å². The zero-order valence-electron chi connectivity index (χ0n) is 11.5. The molecule has 2 amide bonds. The Bertz CT molecular complexity index is 719. The highest BCUT2D eigenvalue weighted by Gasteiger charge is 2.35. The first-order valence-electron chi connectivity index (χ1n) is 6.23. The maximum Gasteiger partial charge on any atom is 0.436 e. The van der Waals surface area contributed by atoms with E-state index >= 15 is 0 Å². The number of carbonyl (C=O) groups is 1. The molecule has 5 nitrogen and oxygen atoms in total. The Morgan fingerprint density at radius 1 is 1.30 bits per heavy atom. The van der Waals surface area contributed by atoms with Gasteiger partial charge in [0, 0.05) is 16.1 Å². The fraction of sp³-hybridized carbons (Fsp3) is 0.231. The molecule has 10 heteroatoms. The minimum atomic E-state index is -4.65. The van der Waals surface area contributed by atoms with Gasteiger partial charge in [0.15, 0.2) is 5.69 Å². The molecule has 124 valence electrons. The van der Waals surface area contributed by atoms with Crippen LogP contribution in [-0.4, -0.2) is 11.2 Å². The number of halogens is 5. The van der Waals surface area contributed by atoms with Crippen molar-refractivity contribution in [3.8, 4) is 0 Å². The van der Waals surface area contributed by atoms with E-state index in [1.165, 1.54) is 6.07 Å². The molecule has 2 N–H and O–H groups in total. The Morgan fingerprint density at radius 3 is 2.57 bits per heavy atom. The number of hydrogen-bond acceptors (Lipinski definition) is 3. The number of urea groups is 1. The molecule has 0 saturated heterocycles. The highest BCUT2D eigenvalue weighted by atomic mass is 35.5. The number of carbonyl (C=O) groups excluding carboxylic acids is 1. The summed E-state index contributed by atoms with van der Waals surface area (Å²) in [5, 5.41) is 8.24. The average molecular weight is 368 g/mol. The lowest BCUT2D eigenvalue weighted by Crippen LogP contribution is -2.31. The second-order valence-electron chi connectivity index (χ2n) is 4.56.